The van der Waals surface area contributed by atoms with E-state index in [4.69, 9.17) is 10.5 Å². The molecule has 0 aliphatic carbocycles. The third kappa shape index (κ3) is 2.49. The van der Waals surface area contributed by atoms with Crippen LogP contribution < -0.4 is 5.73 Å². The van der Waals surface area contributed by atoms with Gasteiger partial charge in [0.2, 0.25) is 0 Å². The van der Waals surface area contributed by atoms with Gasteiger partial charge in [-0.3, -0.25) is 0 Å². The first-order valence-electron chi connectivity index (χ1n) is 4.42. The van der Waals surface area contributed by atoms with E-state index in [9.17, 15) is 0 Å². The van der Waals surface area contributed by atoms with Gasteiger partial charge in [-0.25, -0.2) is 4.98 Å². The Hall–Kier alpha value is -0.450. The fourth-order valence-electron chi connectivity index (χ4n) is 1.16. The molecule has 1 rings (SSSR count). The second-order valence-corrected chi connectivity index (χ2v) is 4.11. The first-order valence-corrected chi connectivity index (χ1v) is 5.23. The number of nitrogens with zero attached hydrogens (tertiary/aromatic N) is 1. The van der Waals surface area contributed by atoms with Crippen molar-refractivity contribution in [3.05, 3.63) is 15.6 Å². The Labute approximate surface area is 82.9 Å². The van der Waals surface area contributed by atoms with Crippen molar-refractivity contribution >= 4 is 11.3 Å². The van der Waals surface area contributed by atoms with Crippen molar-refractivity contribution < 1.29 is 4.74 Å². The van der Waals surface area contributed by atoms with Gasteiger partial charge in [0.15, 0.2) is 0 Å². The smallest absolute Gasteiger partial charge is 0.0930 e. The number of hydrogen-bond acceptors (Lipinski definition) is 4. The van der Waals surface area contributed by atoms with Crippen LogP contribution in [0.4, 0.5) is 0 Å². The maximum atomic E-state index is 5.83. The van der Waals surface area contributed by atoms with E-state index < -0.39 is 0 Å². The number of ether oxygens (including phenoxy) is 1. The van der Waals surface area contributed by atoms with Crippen LogP contribution >= 0.6 is 11.3 Å². The molecule has 4 heteroatoms. The lowest BCUT2D eigenvalue weighted by Crippen LogP contribution is -2.06. The summed E-state index contributed by atoms with van der Waals surface area (Å²) in [6.45, 7) is 4.64. The minimum atomic E-state index is 0.0583. The van der Waals surface area contributed by atoms with Crippen molar-refractivity contribution in [3.63, 3.8) is 0 Å². The molecular weight excluding hydrogens is 184 g/mol. The third-order valence-corrected chi connectivity index (χ3v) is 3.21. The van der Waals surface area contributed by atoms with Crippen LogP contribution in [-0.4, -0.2) is 12.1 Å². The van der Waals surface area contributed by atoms with Crippen molar-refractivity contribution in [2.24, 2.45) is 5.73 Å². The molecular formula is C9H16N2OS. The van der Waals surface area contributed by atoms with Crippen LogP contribution in [0.2, 0.25) is 0 Å². The number of thiazole rings is 1. The van der Waals surface area contributed by atoms with E-state index in [0.717, 1.165) is 22.0 Å². The zero-order valence-electron chi connectivity index (χ0n) is 8.33. The van der Waals surface area contributed by atoms with Gasteiger partial charge < -0.3 is 10.5 Å². The summed E-state index contributed by atoms with van der Waals surface area (Å²) in [6.07, 6.45) is 0.966. The quantitative estimate of drug-likeness (QED) is 0.807. The van der Waals surface area contributed by atoms with E-state index in [-0.39, 0.29) is 6.04 Å². The Kier molecular flexibility index (Phi) is 3.84. The predicted octanol–water partition coefficient (Wildman–Crippen LogP) is 1.87. The molecule has 0 bridgehead atoms. The van der Waals surface area contributed by atoms with Crippen LogP contribution in [0, 0.1) is 0 Å². The van der Waals surface area contributed by atoms with Gasteiger partial charge in [-0.05, 0) is 13.3 Å². The van der Waals surface area contributed by atoms with Gasteiger partial charge in [0.25, 0.3) is 0 Å². The molecule has 1 aromatic rings. The average molecular weight is 200 g/mol. The molecule has 74 valence electrons. The fraction of sp³-hybridized carbons (Fsp3) is 0.667. The highest BCUT2D eigenvalue weighted by atomic mass is 32.1. The highest BCUT2D eigenvalue weighted by molar-refractivity contribution is 7.11. The number of hydrogen-bond donors (Lipinski definition) is 1. The van der Waals surface area contributed by atoms with Crippen molar-refractivity contribution in [1.82, 2.24) is 4.98 Å². The second kappa shape index (κ2) is 4.69. The van der Waals surface area contributed by atoms with Gasteiger partial charge in [0.1, 0.15) is 0 Å². The lowest BCUT2D eigenvalue weighted by Gasteiger charge is -2.03. The number of methoxy groups -OCH3 is 1. The predicted molar refractivity (Wildman–Crippen MR) is 54.8 cm³/mol. The number of rotatable bonds is 4. The Balaban J connectivity index is 2.93. The van der Waals surface area contributed by atoms with E-state index in [1.165, 1.54) is 0 Å². The maximum absolute atomic E-state index is 5.83. The molecule has 1 atom stereocenters. The summed E-state index contributed by atoms with van der Waals surface area (Å²) in [5.74, 6) is 0. The molecule has 3 nitrogen and oxygen atoms in total. The standard InChI is InChI=1S/C9H16N2OS/c1-4-8-11-7(5-12-3)9(13-8)6(2)10/h6H,4-5,10H2,1-3H3. The maximum Gasteiger partial charge on any atom is 0.0930 e. The monoisotopic (exact) mass is 200 g/mol. The van der Waals surface area contributed by atoms with Crippen molar-refractivity contribution in [3.8, 4) is 0 Å². The molecule has 0 saturated carbocycles. The first-order chi connectivity index (χ1) is 6.19. The van der Waals surface area contributed by atoms with Gasteiger partial charge in [-0.15, -0.1) is 11.3 Å². The number of aryl methyl sites for hydroxylation is 1. The summed E-state index contributed by atoms with van der Waals surface area (Å²) in [5, 5.41) is 1.14. The summed E-state index contributed by atoms with van der Waals surface area (Å²) >= 11 is 1.69. The van der Waals surface area contributed by atoms with Crippen LogP contribution in [-0.2, 0) is 17.8 Å². The highest BCUT2D eigenvalue weighted by Crippen LogP contribution is 2.24. The minimum absolute atomic E-state index is 0.0583. The van der Waals surface area contributed by atoms with Gasteiger partial charge in [-0.1, -0.05) is 6.92 Å². The van der Waals surface area contributed by atoms with Crippen LogP contribution in [0.1, 0.15) is 35.5 Å². The van der Waals surface area contributed by atoms with E-state index >= 15 is 0 Å². The van der Waals surface area contributed by atoms with Gasteiger partial charge in [0, 0.05) is 18.0 Å². The van der Waals surface area contributed by atoms with Crippen molar-refractivity contribution in [1.29, 1.82) is 0 Å². The van der Waals surface area contributed by atoms with Gasteiger partial charge in [0.05, 0.1) is 17.3 Å². The van der Waals surface area contributed by atoms with E-state index in [2.05, 4.69) is 11.9 Å². The molecule has 0 radical (unpaired) electrons. The molecule has 0 aliphatic heterocycles. The van der Waals surface area contributed by atoms with Crippen LogP contribution in [0.5, 0.6) is 0 Å². The molecule has 1 unspecified atom stereocenters. The Morgan fingerprint density at radius 3 is 2.77 bits per heavy atom. The van der Waals surface area contributed by atoms with E-state index in [0.29, 0.717) is 6.61 Å². The zero-order chi connectivity index (χ0) is 9.84. The largest absolute Gasteiger partial charge is 0.378 e. The van der Waals surface area contributed by atoms with E-state index in [1.807, 2.05) is 6.92 Å². The molecule has 1 aromatic heterocycles. The second-order valence-electron chi connectivity index (χ2n) is 2.99. The van der Waals surface area contributed by atoms with Gasteiger partial charge in [-0.2, -0.15) is 0 Å². The lowest BCUT2D eigenvalue weighted by atomic mass is 10.2. The Bertz CT molecular complexity index is 271. The fourth-order valence-corrected chi connectivity index (χ4v) is 2.12. The summed E-state index contributed by atoms with van der Waals surface area (Å²) < 4.78 is 5.07. The van der Waals surface area contributed by atoms with Gasteiger partial charge >= 0.3 is 0 Å². The molecule has 2 N–H and O–H groups in total. The summed E-state index contributed by atoms with van der Waals surface area (Å²) in [4.78, 5) is 5.60. The molecule has 0 spiro atoms. The SMILES string of the molecule is CCc1nc(COC)c(C(C)N)s1. The molecule has 0 aliphatic rings. The third-order valence-electron chi connectivity index (χ3n) is 1.77. The summed E-state index contributed by atoms with van der Waals surface area (Å²) in [5.41, 5.74) is 6.83. The van der Waals surface area contributed by atoms with Crippen LogP contribution in [0.15, 0.2) is 0 Å². The number of nitrogens with two attached hydrogens (primary N) is 1. The zero-order valence-corrected chi connectivity index (χ0v) is 9.15. The Morgan fingerprint density at radius 1 is 1.62 bits per heavy atom. The normalized spacial score (nSPS) is 13.2. The number of aromatic nitrogens is 1. The topological polar surface area (TPSA) is 48.1 Å². The van der Waals surface area contributed by atoms with E-state index in [1.54, 1.807) is 18.4 Å². The molecule has 1 heterocycles. The van der Waals surface area contributed by atoms with Crippen LogP contribution in [0.25, 0.3) is 0 Å². The van der Waals surface area contributed by atoms with Crippen molar-refractivity contribution in [2.45, 2.75) is 32.9 Å². The lowest BCUT2D eigenvalue weighted by molar-refractivity contribution is 0.181. The van der Waals surface area contributed by atoms with Crippen molar-refractivity contribution in [2.75, 3.05) is 7.11 Å². The first kappa shape index (κ1) is 10.6. The van der Waals surface area contributed by atoms with Crippen LogP contribution in [0.3, 0.4) is 0 Å². The molecule has 0 saturated heterocycles. The molecule has 0 fully saturated rings. The Morgan fingerprint density at radius 2 is 2.31 bits per heavy atom. The highest BCUT2D eigenvalue weighted by Gasteiger charge is 2.12. The minimum Gasteiger partial charge on any atom is -0.378 e. The molecule has 13 heavy (non-hydrogen) atoms. The average Bonchev–Trinajstić information content (AvgIpc) is 2.48. The summed E-state index contributed by atoms with van der Waals surface area (Å²) in [6, 6.07) is 0.0583. The summed E-state index contributed by atoms with van der Waals surface area (Å²) in [7, 11) is 1.68. The molecule has 0 aromatic carbocycles. The molecule has 0 amide bonds.